The topological polar surface area (TPSA) is 32.5 Å². The molecular formula is C14H27N3. The van der Waals surface area contributed by atoms with E-state index in [1.165, 1.54) is 51.7 Å². The number of hydrogen-bond donors (Lipinski definition) is 1. The van der Waals surface area contributed by atoms with Crippen molar-refractivity contribution < 1.29 is 0 Å². The molecule has 0 aromatic carbocycles. The van der Waals surface area contributed by atoms with Crippen LogP contribution < -0.4 is 5.73 Å². The summed E-state index contributed by atoms with van der Waals surface area (Å²) in [5.74, 6) is 0.796. The minimum Gasteiger partial charge on any atom is -0.330 e. The predicted octanol–water partition coefficient (Wildman–Crippen LogP) is 1.28. The van der Waals surface area contributed by atoms with E-state index in [4.69, 9.17) is 5.73 Å². The van der Waals surface area contributed by atoms with E-state index in [-0.39, 0.29) is 0 Å². The largest absolute Gasteiger partial charge is 0.330 e. The molecule has 2 aliphatic heterocycles. The summed E-state index contributed by atoms with van der Waals surface area (Å²) in [6.45, 7) is 7.22. The summed E-state index contributed by atoms with van der Waals surface area (Å²) >= 11 is 0. The molecule has 3 nitrogen and oxygen atoms in total. The van der Waals surface area contributed by atoms with Crippen LogP contribution in [0.15, 0.2) is 0 Å². The second-order valence-corrected chi connectivity index (χ2v) is 6.38. The molecule has 3 fully saturated rings. The Morgan fingerprint density at radius 3 is 2.35 bits per heavy atom. The highest BCUT2D eigenvalue weighted by Crippen LogP contribution is 2.35. The number of piperidine rings is 1. The van der Waals surface area contributed by atoms with Gasteiger partial charge in [-0.05, 0) is 64.6 Å². The first-order valence-corrected chi connectivity index (χ1v) is 7.47. The minimum atomic E-state index is 0.796. The van der Waals surface area contributed by atoms with Gasteiger partial charge in [0.05, 0.1) is 0 Å². The third-order valence-electron chi connectivity index (χ3n) is 5.12. The summed E-state index contributed by atoms with van der Waals surface area (Å²) in [5, 5.41) is 0. The van der Waals surface area contributed by atoms with Gasteiger partial charge in [0, 0.05) is 24.7 Å². The van der Waals surface area contributed by atoms with Gasteiger partial charge in [-0.2, -0.15) is 0 Å². The van der Waals surface area contributed by atoms with Crippen molar-refractivity contribution in [3.8, 4) is 0 Å². The molecule has 2 atom stereocenters. The minimum absolute atomic E-state index is 0.796. The van der Waals surface area contributed by atoms with Crippen LogP contribution in [0.2, 0.25) is 0 Å². The first-order valence-electron chi connectivity index (χ1n) is 7.47. The lowest BCUT2D eigenvalue weighted by Gasteiger charge is -2.35. The number of rotatable bonds is 3. The molecule has 0 aromatic heterocycles. The van der Waals surface area contributed by atoms with Crippen LogP contribution in [0.1, 0.15) is 39.0 Å². The van der Waals surface area contributed by atoms with Crippen molar-refractivity contribution in [2.45, 2.75) is 57.2 Å². The molecule has 3 rings (SSSR count). The van der Waals surface area contributed by atoms with E-state index < -0.39 is 0 Å². The highest BCUT2D eigenvalue weighted by Gasteiger charge is 2.40. The van der Waals surface area contributed by atoms with Crippen molar-refractivity contribution in [2.24, 2.45) is 11.7 Å². The maximum Gasteiger partial charge on any atom is 0.0238 e. The third kappa shape index (κ3) is 2.51. The van der Waals surface area contributed by atoms with Crippen LogP contribution in [0.25, 0.3) is 0 Å². The summed E-state index contributed by atoms with van der Waals surface area (Å²) in [7, 11) is 0. The maximum absolute atomic E-state index is 5.77. The van der Waals surface area contributed by atoms with E-state index in [1.807, 2.05) is 0 Å². The van der Waals surface area contributed by atoms with Crippen molar-refractivity contribution in [2.75, 3.05) is 26.2 Å². The Balaban J connectivity index is 1.52. The predicted molar refractivity (Wildman–Crippen MR) is 70.9 cm³/mol. The van der Waals surface area contributed by atoms with Crippen molar-refractivity contribution >= 4 is 0 Å². The zero-order valence-corrected chi connectivity index (χ0v) is 11.1. The van der Waals surface area contributed by atoms with Crippen LogP contribution in [0.4, 0.5) is 0 Å². The summed E-state index contributed by atoms with van der Waals surface area (Å²) < 4.78 is 0. The third-order valence-corrected chi connectivity index (χ3v) is 5.12. The number of nitrogens with two attached hydrogens (primary N) is 1. The molecule has 1 aliphatic carbocycles. The Bertz CT molecular complexity index is 256. The molecule has 2 N–H and O–H groups in total. The van der Waals surface area contributed by atoms with E-state index in [1.54, 1.807) is 0 Å². The quantitative estimate of drug-likeness (QED) is 0.802. The first kappa shape index (κ1) is 11.9. The molecule has 2 heterocycles. The Morgan fingerprint density at radius 1 is 1.06 bits per heavy atom. The molecule has 0 aromatic rings. The maximum atomic E-state index is 5.77. The van der Waals surface area contributed by atoms with Crippen LogP contribution in [0.3, 0.4) is 0 Å². The zero-order valence-electron chi connectivity index (χ0n) is 11.1. The number of likely N-dealkylation sites (tertiary alicyclic amines) is 2. The Labute approximate surface area is 105 Å². The molecule has 2 unspecified atom stereocenters. The van der Waals surface area contributed by atoms with Crippen LogP contribution in [0, 0.1) is 5.92 Å². The lowest BCUT2D eigenvalue weighted by Crippen LogP contribution is -2.44. The summed E-state index contributed by atoms with van der Waals surface area (Å²) in [6, 6.07) is 2.60. The van der Waals surface area contributed by atoms with Crippen molar-refractivity contribution in [1.29, 1.82) is 0 Å². The molecular weight excluding hydrogens is 210 g/mol. The van der Waals surface area contributed by atoms with Crippen LogP contribution in [-0.2, 0) is 0 Å². The van der Waals surface area contributed by atoms with Gasteiger partial charge in [-0.15, -0.1) is 0 Å². The number of hydrogen-bond acceptors (Lipinski definition) is 3. The monoisotopic (exact) mass is 237 g/mol. The zero-order chi connectivity index (χ0) is 11.8. The summed E-state index contributed by atoms with van der Waals surface area (Å²) in [5.41, 5.74) is 5.77. The van der Waals surface area contributed by atoms with E-state index in [9.17, 15) is 0 Å². The molecule has 1 saturated carbocycles. The highest BCUT2D eigenvalue weighted by atomic mass is 15.3. The molecule has 0 amide bonds. The van der Waals surface area contributed by atoms with Gasteiger partial charge in [0.2, 0.25) is 0 Å². The first-order chi connectivity index (χ1) is 8.28. The van der Waals surface area contributed by atoms with Gasteiger partial charge in [0.25, 0.3) is 0 Å². The molecule has 98 valence electrons. The fourth-order valence-corrected chi connectivity index (χ4v) is 3.76. The average Bonchev–Trinajstić information content (AvgIpc) is 3.13. The Morgan fingerprint density at radius 2 is 1.76 bits per heavy atom. The van der Waals surface area contributed by atoms with Gasteiger partial charge >= 0.3 is 0 Å². The SMILES string of the molecule is CC1CC(N2CCC(CN)CC2)CN1C1CC1. The van der Waals surface area contributed by atoms with E-state index in [0.717, 1.165) is 30.6 Å². The average molecular weight is 237 g/mol. The highest BCUT2D eigenvalue weighted by molar-refractivity contribution is 4.97. The van der Waals surface area contributed by atoms with Crippen molar-refractivity contribution in [3.05, 3.63) is 0 Å². The Kier molecular flexibility index (Phi) is 3.42. The lowest BCUT2D eigenvalue weighted by atomic mass is 9.95. The molecule has 0 radical (unpaired) electrons. The fourth-order valence-electron chi connectivity index (χ4n) is 3.76. The normalized spacial score (nSPS) is 37.8. The van der Waals surface area contributed by atoms with Gasteiger partial charge in [0.15, 0.2) is 0 Å². The molecule has 0 bridgehead atoms. The van der Waals surface area contributed by atoms with Crippen LogP contribution in [0.5, 0.6) is 0 Å². The van der Waals surface area contributed by atoms with Gasteiger partial charge in [-0.3, -0.25) is 9.80 Å². The number of nitrogens with zero attached hydrogens (tertiary/aromatic N) is 2. The lowest BCUT2D eigenvalue weighted by molar-refractivity contribution is 0.134. The van der Waals surface area contributed by atoms with Crippen molar-refractivity contribution in [3.63, 3.8) is 0 Å². The second kappa shape index (κ2) is 4.87. The smallest absolute Gasteiger partial charge is 0.0238 e. The summed E-state index contributed by atoms with van der Waals surface area (Å²) in [6.07, 6.45) is 6.94. The molecule has 17 heavy (non-hydrogen) atoms. The van der Waals surface area contributed by atoms with E-state index >= 15 is 0 Å². The van der Waals surface area contributed by atoms with Gasteiger partial charge in [0.1, 0.15) is 0 Å². The van der Waals surface area contributed by atoms with Gasteiger partial charge < -0.3 is 5.73 Å². The van der Waals surface area contributed by atoms with Crippen LogP contribution >= 0.6 is 0 Å². The second-order valence-electron chi connectivity index (χ2n) is 6.38. The summed E-state index contributed by atoms with van der Waals surface area (Å²) in [4.78, 5) is 5.50. The van der Waals surface area contributed by atoms with E-state index in [0.29, 0.717) is 0 Å². The Hall–Kier alpha value is -0.120. The standard InChI is InChI=1S/C14H27N3/c1-11-8-14(10-17(11)13-2-3-13)16-6-4-12(9-15)5-7-16/h11-14H,2-10,15H2,1H3. The fraction of sp³-hybridized carbons (Fsp3) is 1.00. The molecule has 2 saturated heterocycles. The molecule has 3 heteroatoms. The van der Waals surface area contributed by atoms with Crippen molar-refractivity contribution in [1.82, 2.24) is 9.80 Å². The van der Waals surface area contributed by atoms with Gasteiger partial charge in [-0.25, -0.2) is 0 Å². The molecule has 3 aliphatic rings. The van der Waals surface area contributed by atoms with Crippen LogP contribution in [-0.4, -0.2) is 54.1 Å². The van der Waals surface area contributed by atoms with Gasteiger partial charge in [-0.1, -0.05) is 0 Å². The van der Waals surface area contributed by atoms with E-state index in [2.05, 4.69) is 16.7 Å². The molecule has 0 spiro atoms.